The Morgan fingerprint density at radius 3 is 2.29 bits per heavy atom. The summed E-state index contributed by atoms with van der Waals surface area (Å²) >= 11 is 5.85. The first-order valence-corrected chi connectivity index (χ1v) is 11.1. The third kappa shape index (κ3) is 5.74. The number of hydrogen-bond acceptors (Lipinski definition) is 4. The summed E-state index contributed by atoms with van der Waals surface area (Å²) in [5, 5.41) is 2.65. The minimum atomic E-state index is -3.79. The molecule has 1 amide bonds. The number of carbonyl (C=O) groups excluding carboxylic acids is 1. The summed E-state index contributed by atoms with van der Waals surface area (Å²) in [7, 11) is -3.79. The lowest BCUT2D eigenvalue weighted by molar-refractivity contribution is -0.118. The summed E-state index contributed by atoms with van der Waals surface area (Å²) < 4.78 is 46.3. The number of aryl methyl sites for hydroxylation is 2. The molecule has 2 N–H and O–H groups in total. The fraction of sp³-hybridized carbons (Fsp3) is 0.136. The summed E-state index contributed by atoms with van der Waals surface area (Å²) in [5.41, 5.74) is 2.56. The number of amides is 1. The monoisotopic (exact) mass is 462 g/mol. The van der Waals surface area contributed by atoms with E-state index in [0.29, 0.717) is 11.4 Å². The van der Waals surface area contributed by atoms with Crippen LogP contribution in [0.5, 0.6) is 5.75 Å². The van der Waals surface area contributed by atoms with Gasteiger partial charge in [-0.15, -0.1) is 0 Å². The molecule has 0 aliphatic carbocycles. The van der Waals surface area contributed by atoms with Gasteiger partial charge in [0.15, 0.2) is 6.61 Å². The molecule has 0 unspecified atom stereocenters. The Bertz CT molecular complexity index is 1190. The molecule has 31 heavy (non-hydrogen) atoms. The van der Waals surface area contributed by atoms with E-state index in [2.05, 4.69) is 10.0 Å². The topological polar surface area (TPSA) is 84.5 Å². The van der Waals surface area contributed by atoms with Gasteiger partial charge in [-0.05, 0) is 67.4 Å². The van der Waals surface area contributed by atoms with Crippen LogP contribution in [-0.4, -0.2) is 20.9 Å². The molecule has 0 bridgehead atoms. The largest absolute Gasteiger partial charge is 0.482 e. The van der Waals surface area contributed by atoms with E-state index in [1.165, 1.54) is 36.4 Å². The van der Waals surface area contributed by atoms with Crippen LogP contribution in [0.2, 0.25) is 5.02 Å². The van der Waals surface area contributed by atoms with Gasteiger partial charge in [-0.1, -0.05) is 29.8 Å². The molecule has 0 fully saturated rings. The minimum absolute atomic E-state index is 0.0544. The maximum Gasteiger partial charge on any atom is 0.262 e. The normalized spacial score (nSPS) is 11.1. The molecule has 162 valence electrons. The lowest BCUT2D eigenvalue weighted by atomic mass is 10.1. The number of hydrogen-bond donors (Lipinski definition) is 2. The van der Waals surface area contributed by atoms with Crippen molar-refractivity contribution in [3.05, 3.63) is 82.6 Å². The highest BCUT2D eigenvalue weighted by Gasteiger charge is 2.17. The van der Waals surface area contributed by atoms with Crippen molar-refractivity contribution in [2.75, 3.05) is 16.6 Å². The van der Waals surface area contributed by atoms with Gasteiger partial charge in [-0.2, -0.15) is 0 Å². The second-order valence-electron chi connectivity index (χ2n) is 6.81. The smallest absolute Gasteiger partial charge is 0.262 e. The number of benzene rings is 3. The number of rotatable bonds is 7. The Labute approximate surface area is 185 Å². The zero-order valence-electron chi connectivity index (χ0n) is 16.8. The molecule has 0 radical (unpaired) electrons. The van der Waals surface area contributed by atoms with Gasteiger partial charge in [0, 0.05) is 5.69 Å². The van der Waals surface area contributed by atoms with Crippen molar-refractivity contribution in [3.63, 3.8) is 0 Å². The van der Waals surface area contributed by atoms with Crippen LogP contribution >= 0.6 is 11.6 Å². The lowest BCUT2D eigenvalue weighted by Gasteiger charge is -2.13. The molecule has 0 saturated heterocycles. The van der Waals surface area contributed by atoms with Gasteiger partial charge in [-0.25, -0.2) is 12.8 Å². The second kappa shape index (κ2) is 9.36. The number of ether oxygens (including phenoxy) is 1. The van der Waals surface area contributed by atoms with Crippen LogP contribution in [0.3, 0.4) is 0 Å². The van der Waals surface area contributed by atoms with Crippen LogP contribution in [-0.2, 0) is 14.8 Å². The fourth-order valence-electron chi connectivity index (χ4n) is 2.82. The molecule has 0 aliphatic heterocycles. The molecule has 0 atom stereocenters. The van der Waals surface area contributed by atoms with Gasteiger partial charge in [0.1, 0.15) is 11.6 Å². The van der Waals surface area contributed by atoms with Crippen molar-refractivity contribution in [1.29, 1.82) is 0 Å². The predicted molar refractivity (Wildman–Crippen MR) is 119 cm³/mol. The summed E-state index contributed by atoms with van der Waals surface area (Å²) in [6, 6.07) is 14.8. The summed E-state index contributed by atoms with van der Waals surface area (Å²) in [6.45, 7) is 3.30. The highest BCUT2D eigenvalue weighted by molar-refractivity contribution is 7.92. The summed E-state index contributed by atoms with van der Waals surface area (Å²) in [4.78, 5) is 12.1. The summed E-state index contributed by atoms with van der Waals surface area (Å²) in [6.07, 6.45) is 0. The minimum Gasteiger partial charge on any atom is -0.482 e. The molecule has 3 aromatic rings. The zero-order valence-corrected chi connectivity index (χ0v) is 18.4. The molecule has 9 heteroatoms. The Balaban J connectivity index is 1.63. The fourth-order valence-corrected chi connectivity index (χ4v) is 4.24. The highest BCUT2D eigenvalue weighted by atomic mass is 35.5. The number of nitrogens with one attached hydrogen (secondary N) is 2. The zero-order chi connectivity index (χ0) is 22.6. The third-order valence-corrected chi connectivity index (χ3v) is 6.08. The maximum atomic E-state index is 13.0. The van der Waals surface area contributed by atoms with E-state index in [1.807, 2.05) is 32.0 Å². The van der Waals surface area contributed by atoms with Crippen LogP contribution in [0.1, 0.15) is 11.1 Å². The van der Waals surface area contributed by atoms with E-state index in [9.17, 15) is 17.6 Å². The first kappa shape index (κ1) is 22.6. The molecular weight excluding hydrogens is 443 g/mol. The van der Waals surface area contributed by atoms with Gasteiger partial charge in [0.05, 0.1) is 15.6 Å². The van der Waals surface area contributed by atoms with Crippen LogP contribution in [0.15, 0.2) is 65.6 Å². The van der Waals surface area contributed by atoms with Crippen LogP contribution in [0, 0.1) is 19.7 Å². The SMILES string of the molecule is Cc1cccc(C)c1NS(=O)(=O)c1ccc(NC(=O)COc2ccc(F)cc2Cl)cc1. The second-order valence-corrected chi connectivity index (χ2v) is 8.90. The van der Waals surface area contributed by atoms with E-state index in [1.54, 1.807) is 0 Å². The molecule has 0 aromatic heterocycles. The van der Waals surface area contributed by atoms with Gasteiger partial charge >= 0.3 is 0 Å². The molecule has 3 rings (SSSR count). The summed E-state index contributed by atoms with van der Waals surface area (Å²) in [5.74, 6) is -0.814. The van der Waals surface area contributed by atoms with Crippen molar-refractivity contribution in [1.82, 2.24) is 0 Å². The average Bonchev–Trinajstić information content (AvgIpc) is 2.71. The van der Waals surface area contributed by atoms with Crippen molar-refractivity contribution in [2.24, 2.45) is 0 Å². The van der Waals surface area contributed by atoms with E-state index >= 15 is 0 Å². The first-order valence-electron chi connectivity index (χ1n) is 9.22. The van der Waals surface area contributed by atoms with E-state index in [0.717, 1.165) is 17.2 Å². The van der Waals surface area contributed by atoms with Crippen LogP contribution < -0.4 is 14.8 Å². The van der Waals surface area contributed by atoms with Gasteiger partial charge < -0.3 is 10.1 Å². The van der Waals surface area contributed by atoms with Crippen molar-refractivity contribution in [3.8, 4) is 5.75 Å². The number of sulfonamides is 1. The molecule has 0 heterocycles. The molecule has 0 saturated carbocycles. The van der Waals surface area contributed by atoms with Crippen molar-refractivity contribution >= 4 is 38.9 Å². The number of para-hydroxylation sites is 1. The number of carbonyl (C=O) groups is 1. The first-order chi connectivity index (χ1) is 14.7. The van der Waals surface area contributed by atoms with Crippen LogP contribution in [0.25, 0.3) is 0 Å². The standard InChI is InChI=1S/C22H20ClFN2O4S/c1-14-4-3-5-15(2)22(14)26-31(28,29)18-9-7-17(8-10-18)25-21(27)13-30-20-11-6-16(24)12-19(20)23/h3-12,26H,13H2,1-2H3,(H,25,27). The van der Waals surface area contributed by atoms with Gasteiger partial charge in [-0.3, -0.25) is 9.52 Å². The molecule has 6 nitrogen and oxygen atoms in total. The van der Waals surface area contributed by atoms with E-state index < -0.39 is 21.7 Å². The third-order valence-electron chi connectivity index (χ3n) is 4.42. The Hall–Kier alpha value is -3.10. The van der Waals surface area contributed by atoms with Crippen LogP contribution in [0.4, 0.5) is 15.8 Å². The van der Waals surface area contributed by atoms with Crippen molar-refractivity contribution in [2.45, 2.75) is 18.7 Å². The van der Waals surface area contributed by atoms with Gasteiger partial charge in [0.2, 0.25) is 0 Å². The Kier molecular flexibility index (Phi) is 6.82. The number of anilines is 2. The molecule has 0 spiro atoms. The maximum absolute atomic E-state index is 13.0. The highest BCUT2D eigenvalue weighted by Crippen LogP contribution is 2.25. The van der Waals surface area contributed by atoms with E-state index in [-0.39, 0.29) is 22.3 Å². The quantitative estimate of drug-likeness (QED) is 0.522. The Morgan fingerprint density at radius 2 is 1.68 bits per heavy atom. The Morgan fingerprint density at radius 1 is 1.03 bits per heavy atom. The molecular formula is C22H20ClFN2O4S. The lowest BCUT2D eigenvalue weighted by Crippen LogP contribution is -2.20. The number of halogens is 2. The van der Waals surface area contributed by atoms with Gasteiger partial charge in [0.25, 0.3) is 15.9 Å². The molecule has 0 aliphatic rings. The predicted octanol–water partition coefficient (Wildman–Crippen LogP) is 4.91. The van der Waals surface area contributed by atoms with E-state index in [4.69, 9.17) is 16.3 Å². The molecule has 3 aromatic carbocycles. The average molecular weight is 463 g/mol. The van der Waals surface area contributed by atoms with Crippen molar-refractivity contribution < 1.29 is 22.3 Å².